The zero-order valence-electron chi connectivity index (χ0n) is 8.30. The van der Waals surface area contributed by atoms with Crippen molar-refractivity contribution in [3.63, 3.8) is 0 Å². The molecule has 0 radical (unpaired) electrons. The molecular formula is C10H11F3N2. The Hall–Kier alpha value is -1.10. The SMILES string of the molecule is CCN1Cc2nccc(C(F)(F)F)c2C1. The zero-order valence-corrected chi connectivity index (χ0v) is 8.30. The third-order valence-electron chi connectivity index (χ3n) is 2.65. The summed E-state index contributed by atoms with van der Waals surface area (Å²) in [5, 5.41) is 0. The predicted octanol–water partition coefficient (Wildman–Crippen LogP) is 2.44. The third-order valence-corrected chi connectivity index (χ3v) is 2.65. The van der Waals surface area contributed by atoms with E-state index in [2.05, 4.69) is 4.98 Å². The minimum absolute atomic E-state index is 0.340. The second kappa shape index (κ2) is 3.48. The van der Waals surface area contributed by atoms with Crippen molar-refractivity contribution in [3.05, 3.63) is 29.1 Å². The molecule has 5 heteroatoms. The summed E-state index contributed by atoms with van der Waals surface area (Å²) in [5.41, 5.74) is 0.363. The lowest BCUT2D eigenvalue weighted by atomic mass is 10.1. The monoisotopic (exact) mass is 216 g/mol. The van der Waals surface area contributed by atoms with Gasteiger partial charge in [-0.15, -0.1) is 0 Å². The van der Waals surface area contributed by atoms with Crippen LogP contribution in [0.3, 0.4) is 0 Å². The number of hydrogen-bond acceptors (Lipinski definition) is 2. The summed E-state index contributed by atoms with van der Waals surface area (Å²) in [4.78, 5) is 5.93. The van der Waals surface area contributed by atoms with E-state index in [4.69, 9.17) is 0 Å². The molecule has 1 aliphatic heterocycles. The lowest BCUT2D eigenvalue weighted by Gasteiger charge is -2.12. The van der Waals surface area contributed by atoms with Gasteiger partial charge in [-0.2, -0.15) is 13.2 Å². The van der Waals surface area contributed by atoms with Gasteiger partial charge in [0.05, 0.1) is 11.3 Å². The Bertz CT molecular complexity index is 373. The molecule has 0 unspecified atom stereocenters. The normalized spacial score (nSPS) is 16.8. The molecule has 0 N–H and O–H groups in total. The van der Waals surface area contributed by atoms with Crippen molar-refractivity contribution in [2.75, 3.05) is 6.54 Å². The number of fused-ring (bicyclic) bond motifs is 1. The molecule has 1 aromatic heterocycles. The van der Waals surface area contributed by atoms with Gasteiger partial charge in [0, 0.05) is 24.8 Å². The van der Waals surface area contributed by atoms with Crippen LogP contribution in [-0.2, 0) is 19.3 Å². The molecule has 0 bridgehead atoms. The molecule has 0 atom stereocenters. The van der Waals surface area contributed by atoms with Gasteiger partial charge in [-0.25, -0.2) is 0 Å². The average Bonchev–Trinajstić information content (AvgIpc) is 2.57. The highest BCUT2D eigenvalue weighted by molar-refractivity contribution is 5.34. The van der Waals surface area contributed by atoms with E-state index in [1.54, 1.807) is 0 Å². The Labute approximate surface area is 85.7 Å². The first-order chi connectivity index (χ1) is 7.02. The quantitative estimate of drug-likeness (QED) is 0.716. The van der Waals surface area contributed by atoms with Crippen molar-refractivity contribution in [1.29, 1.82) is 0 Å². The Balaban J connectivity index is 2.42. The van der Waals surface area contributed by atoms with Crippen LogP contribution in [0.25, 0.3) is 0 Å². The van der Waals surface area contributed by atoms with Gasteiger partial charge in [-0.05, 0) is 12.6 Å². The van der Waals surface area contributed by atoms with Crippen LogP contribution < -0.4 is 0 Å². The Morgan fingerprint density at radius 1 is 1.40 bits per heavy atom. The van der Waals surface area contributed by atoms with E-state index < -0.39 is 11.7 Å². The Morgan fingerprint density at radius 3 is 2.73 bits per heavy atom. The van der Waals surface area contributed by atoms with Crippen molar-refractivity contribution in [3.8, 4) is 0 Å². The highest BCUT2D eigenvalue weighted by Crippen LogP contribution is 2.35. The molecule has 15 heavy (non-hydrogen) atoms. The summed E-state index contributed by atoms with van der Waals surface area (Å²) < 4.78 is 37.9. The van der Waals surface area contributed by atoms with E-state index in [9.17, 15) is 13.2 Å². The Kier molecular flexibility index (Phi) is 2.42. The molecule has 2 rings (SSSR count). The molecular weight excluding hydrogens is 205 g/mol. The molecule has 0 saturated carbocycles. The number of alkyl halides is 3. The van der Waals surface area contributed by atoms with Gasteiger partial charge < -0.3 is 0 Å². The van der Waals surface area contributed by atoms with E-state index in [0.717, 1.165) is 12.6 Å². The summed E-state index contributed by atoms with van der Waals surface area (Å²) in [6.45, 7) is 3.55. The van der Waals surface area contributed by atoms with Gasteiger partial charge in [0.25, 0.3) is 0 Å². The van der Waals surface area contributed by atoms with Crippen LogP contribution in [-0.4, -0.2) is 16.4 Å². The van der Waals surface area contributed by atoms with Crippen molar-refractivity contribution in [2.24, 2.45) is 0 Å². The van der Waals surface area contributed by atoms with Crippen molar-refractivity contribution < 1.29 is 13.2 Å². The number of hydrogen-bond donors (Lipinski definition) is 0. The van der Waals surface area contributed by atoms with Gasteiger partial charge in [-0.1, -0.05) is 6.92 Å². The number of pyridine rings is 1. The fraction of sp³-hybridized carbons (Fsp3) is 0.500. The fourth-order valence-corrected chi connectivity index (χ4v) is 1.83. The first-order valence-electron chi connectivity index (χ1n) is 4.78. The van der Waals surface area contributed by atoms with E-state index in [0.29, 0.717) is 24.3 Å². The van der Waals surface area contributed by atoms with Crippen molar-refractivity contribution >= 4 is 0 Å². The fourth-order valence-electron chi connectivity index (χ4n) is 1.83. The van der Waals surface area contributed by atoms with E-state index in [1.165, 1.54) is 6.20 Å². The molecule has 0 saturated heterocycles. The molecule has 1 aliphatic rings. The van der Waals surface area contributed by atoms with Crippen LogP contribution in [0, 0.1) is 0 Å². The second-order valence-corrected chi connectivity index (χ2v) is 3.58. The van der Waals surface area contributed by atoms with Gasteiger partial charge in [0.15, 0.2) is 0 Å². The standard InChI is InChI=1S/C10H11F3N2/c1-2-15-5-7-8(10(11,12)13)3-4-14-9(7)6-15/h3-4H,2,5-6H2,1H3. The topological polar surface area (TPSA) is 16.1 Å². The number of rotatable bonds is 1. The van der Waals surface area contributed by atoms with Crippen LogP contribution in [0.5, 0.6) is 0 Å². The summed E-state index contributed by atoms with van der Waals surface area (Å²) in [7, 11) is 0. The maximum atomic E-state index is 12.6. The number of aromatic nitrogens is 1. The molecule has 82 valence electrons. The van der Waals surface area contributed by atoms with Crippen LogP contribution in [0.1, 0.15) is 23.7 Å². The first-order valence-corrected chi connectivity index (χ1v) is 4.78. The molecule has 0 aliphatic carbocycles. The summed E-state index contributed by atoms with van der Waals surface area (Å²) in [5.74, 6) is 0. The van der Waals surface area contributed by atoms with Crippen molar-refractivity contribution in [1.82, 2.24) is 9.88 Å². The third kappa shape index (κ3) is 1.84. The van der Waals surface area contributed by atoms with Crippen molar-refractivity contribution in [2.45, 2.75) is 26.2 Å². The van der Waals surface area contributed by atoms with Crippen LogP contribution >= 0.6 is 0 Å². The highest BCUT2D eigenvalue weighted by atomic mass is 19.4. The maximum absolute atomic E-state index is 12.6. The van der Waals surface area contributed by atoms with Crippen LogP contribution in [0.15, 0.2) is 12.3 Å². The molecule has 2 nitrogen and oxygen atoms in total. The zero-order chi connectivity index (χ0) is 11.1. The smallest absolute Gasteiger partial charge is 0.293 e. The van der Waals surface area contributed by atoms with Gasteiger partial charge in [0.2, 0.25) is 0 Å². The molecule has 0 amide bonds. The van der Waals surface area contributed by atoms with Crippen LogP contribution in [0.2, 0.25) is 0 Å². The van der Waals surface area contributed by atoms with Gasteiger partial charge in [0.1, 0.15) is 0 Å². The molecule has 0 fully saturated rings. The van der Waals surface area contributed by atoms with E-state index in [-0.39, 0.29) is 0 Å². The lowest BCUT2D eigenvalue weighted by Crippen LogP contribution is -2.16. The predicted molar refractivity (Wildman–Crippen MR) is 49.0 cm³/mol. The molecule has 1 aromatic rings. The largest absolute Gasteiger partial charge is 0.416 e. The number of halogens is 3. The first kappa shape index (κ1) is 10.4. The van der Waals surface area contributed by atoms with E-state index in [1.807, 2.05) is 11.8 Å². The minimum Gasteiger partial charge on any atom is -0.293 e. The molecule has 0 spiro atoms. The highest BCUT2D eigenvalue weighted by Gasteiger charge is 2.36. The number of nitrogens with zero attached hydrogens (tertiary/aromatic N) is 2. The van der Waals surface area contributed by atoms with Gasteiger partial charge >= 0.3 is 6.18 Å². The Morgan fingerprint density at radius 2 is 2.13 bits per heavy atom. The molecule has 0 aromatic carbocycles. The van der Waals surface area contributed by atoms with E-state index >= 15 is 0 Å². The lowest BCUT2D eigenvalue weighted by molar-refractivity contribution is -0.138. The summed E-state index contributed by atoms with van der Waals surface area (Å²) >= 11 is 0. The minimum atomic E-state index is -4.27. The molecule has 2 heterocycles. The summed E-state index contributed by atoms with van der Waals surface area (Å²) in [6.07, 6.45) is -3.03. The van der Waals surface area contributed by atoms with Crippen LogP contribution in [0.4, 0.5) is 13.2 Å². The van der Waals surface area contributed by atoms with Gasteiger partial charge in [-0.3, -0.25) is 9.88 Å². The summed E-state index contributed by atoms with van der Waals surface area (Å²) in [6, 6.07) is 1.05. The maximum Gasteiger partial charge on any atom is 0.416 e. The second-order valence-electron chi connectivity index (χ2n) is 3.58. The average molecular weight is 216 g/mol.